The van der Waals surface area contributed by atoms with Crippen molar-refractivity contribution in [3.8, 4) is 0 Å². The van der Waals surface area contributed by atoms with Gasteiger partial charge in [0.05, 0.1) is 21.1 Å². The Labute approximate surface area is 133 Å². The number of nitrogens with zero attached hydrogens (tertiary/aromatic N) is 2. The fourth-order valence-electron chi connectivity index (χ4n) is 2.57. The van der Waals surface area contributed by atoms with Crippen molar-refractivity contribution in [1.82, 2.24) is 14.5 Å². The van der Waals surface area contributed by atoms with Gasteiger partial charge in [0.15, 0.2) is 4.77 Å². The Morgan fingerprint density at radius 3 is 2.70 bits per heavy atom. The zero-order valence-electron chi connectivity index (χ0n) is 11.5. The van der Waals surface area contributed by atoms with Crippen LogP contribution in [0.1, 0.15) is 19.8 Å². The minimum Gasteiger partial charge on any atom is -0.331 e. The van der Waals surface area contributed by atoms with Crippen molar-refractivity contribution < 1.29 is 0 Å². The zero-order valence-corrected chi connectivity index (χ0v) is 13.8. The maximum atomic E-state index is 6.12. The van der Waals surface area contributed by atoms with Gasteiger partial charge in [-0.05, 0) is 51.2 Å². The molecule has 1 aromatic carbocycles. The Kier molecular flexibility index (Phi) is 3.84. The van der Waals surface area contributed by atoms with E-state index in [2.05, 4.69) is 28.4 Å². The van der Waals surface area contributed by atoms with Crippen molar-refractivity contribution >= 4 is 46.5 Å². The smallest absolute Gasteiger partial charge is 0.178 e. The maximum Gasteiger partial charge on any atom is 0.178 e. The SMILES string of the molecule is CC(Cn1c(=S)[nH]c2cc(Cl)c(Cl)cc21)N(C)C1CC1. The molecule has 0 spiro atoms. The Morgan fingerprint density at radius 2 is 2.05 bits per heavy atom. The molecule has 1 aliphatic rings. The molecule has 0 amide bonds. The molecule has 1 N–H and O–H groups in total. The summed E-state index contributed by atoms with van der Waals surface area (Å²) in [4.78, 5) is 5.63. The van der Waals surface area contributed by atoms with Gasteiger partial charge in [0.1, 0.15) is 0 Å². The number of halogens is 2. The fourth-order valence-corrected chi connectivity index (χ4v) is 3.17. The highest BCUT2D eigenvalue weighted by molar-refractivity contribution is 7.71. The lowest BCUT2D eigenvalue weighted by molar-refractivity contribution is 0.226. The third kappa shape index (κ3) is 2.62. The van der Waals surface area contributed by atoms with Gasteiger partial charge in [-0.1, -0.05) is 23.2 Å². The highest BCUT2D eigenvalue weighted by atomic mass is 35.5. The van der Waals surface area contributed by atoms with Crippen LogP contribution in [0, 0.1) is 4.77 Å². The number of hydrogen-bond acceptors (Lipinski definition) is 2. The molecule has 0 bridgehead atoms. The van der Waals surface area contributed by atoms with Crippen molar-refractivity contribution in [2.45, 2.75) is 38.4 Å². The van der Waals surface area contributed by atoms with Gasteiger partial charge >= 0.3 is 0 Å². The molecule has 1 aromatic heterocycles. The van der Waals surface area contributed by atoms with Crippen LogP contribution in [-0.2, 0) is 6.54 Å². The van der Waals surface area contributed by atoms with Crippen LogP contribution in [0.4, 0.5) is 0 Å². The number of hydrogen-bond donors (Lipinski definition) is 1. The molecule has 1 fully saturated rings. The lowest BCUT2D eigenvalue weighted by atomic mass is 10.2. The first kappa shape index (κ1) is 14.4. The van der Waals surface area contributed by atoms with E-state index in [9.17, 15) is 0 Å². The Bertz CT molecular complexity index is 702. The van der Waals surface area contributed by atoms with Crippen molar-refractivity contribution in [3.05, 3.63) is 26.9 Å². The Balaban J connectivity index is 1.96. The molecule has 108 valence electrons. The van der Waals surface area contributed by atoms with E-state index in [4.69, 9.17) is 35.4 Å². The molecule has 3 rings (SSSR count). The van der Waals surface area contributed by atoms with Crippen LogP contribution in [0.5, 0.6) is 0 Å². The second-order valence-corrected chi connectivity index (χ2v) is 6.77. The van der Waals surface area contributed by atoms with Crippen molar-refractivity contribution in [2.24, 2.45) is 0 Å². The number of H-pyrrole nitrogens is 1. The quantitative estimate of drug-likeness (QED) is 0.835. The summed E-state index contributed by atoms with van der Waals surface area (Å²) in [6, 6.07) is 4.89. The van der Waals surface area contributed by atoms with Gasteiger partial charge in [0.25, 0.3) is 0 Å². The lowest BCUT2D eigenvalue weighted by Crippen LogP contribution is -2.34. The minimum atomic E-state index is 0.433. The molecule has 1 aliphatic carbocycles. The number of fused-ring (bicyclic) bond motifs is 1. The predicted molar refractivity (Wildman–Crippen MR) is 87.4 cm³/mol. The van der Waals surface area contributed by atoms with Gasteiger partial charge < -0.3 is 9.55 Å². The number of nitrogens with one attached hydrogen (secondary N) is 1. The topological polar surface area (TPSA) is 24.0 Å². The van der Waals surface area contributed by atoms with Crippen LogP contribution in [-0.4, -0.2) is 33.6 Å². The third-order valence-corrected chi connectivity index (χ3v) is 5.13. The number of imidazole rings is 1. The van der Waals surface area contributed by atoms with Gasteiger partial charge in [-0.3, -0.25) is 4.90 Å². The molecule has 1 heterocycles. The largest absolute Gasteiger partial charge is 0.331 e. The Morgan fingerprint density at radius 1 is 1.40 bits per heavy atom. The van der Waals surface area contributed by atoms with Crippen LogP contribution < -0.4 is 0 Å². The molecule has 20 heavy (non-hydrogen) atoms. The van der Waals surface area contributed by atoms with Gasteiger partial charge in [-0.15, -0.1) is 0 Å². The molecule has 1 saturated carbocycles. The zero-order chi connectivity index (χ0) is 14.4. The summed E-state index contributed by atoms with van der Waals surface area (Å²) in [7, 11) is 2.19. The first-order chi connectivity index (χ1) is 9.47. The van der Waals surface area contributed by atoms with E-state index in [0.29, 0.717) is 16.1 Å². The van der Waals surface area contributed by atoms with Gasteiger partial charge in [-0.2, -0.15) is 0 Å². The van der Waals surface area contributed by atoms with Crippen molar-refractivity contribution in [2.75, 3.05) is 7.05 Å². The molecule has 2 aromatic rings. The number of benzene rings is 1. The van der Waals surface area contributed by atoms with E-state index in [-0.39, 0.29) is 0 Å². The molecule has 1 unspecified atom stereocenters. The molecule has 0 radical (unpaired) electrons. The van der Waals surface area contributed by atoms with E-state index >= 15 is 0 Å². The summed E-state index contributed by atoms with van der Waals surface area (Å²) < 4.78 is 2.82. The first-order valence-corrected chi connectivity index (χ1v) is 7.93. The molecular formula is C14H17Cl2N3S. The highest BCUT2D eigenvalue weighted by Crippen LogP contribution is 2.30. The standard InChI is InChI=1S/C14H17Cl2N3S/c1-8(18(2)9-3-4-9)7-19-13-6-11(16)10(15)5-12(13)17-14(19)20/h5-6,8-9H,3-4,7H2,1-2H3,(H,17,20). The van der Waals surface area contributed by atoms with Crippen LogP contribution in [0.15, 0.2) is 12.1 Å². The van der Waals surface area contributed by atoms with Crippen molar-refractivity contribution in [1.29, 1.82) is 0 Å². The summed E-state index contributed by atoms with van der Waals surface area (Å²) in [6.45, 7) is 3.08. The van der Waals surface area contributed by atoms with E-state index in [1.165, 1.54) is 12.8 Å². The molecule has 0 saturated heterocycles. The monoisotopic (exact) mass is 329 g/mol. The number of likely N-dealkylation sites (N-methyl/N-ethyl adjacent to an activating group) is 1. The van der Waals surface area contributed by atoms with E-state index < -0.39 is 0 Å². The van der Waals surface area contributed by atoms with Gasteiger partial charge in [0.2, 0.25) is 0 Å². The Hall–Kier alpha value is -0.550. The fraction of sp³-hybridized carbons (Fsp3) is 0.500. The average molecular weight is 330 g/mol. The van der Waals surface area contributed by atoms with Crippen LogP contribution in [0.25, 0.3) is 11.0 Å². The normalized spacial score (nSPS) is 17.1. The average Bonchev–Trinajstić information content (AvgIpc) is 3.19. The van der Waals surface area contributed by atoms with E-state index in [1.54, 1.807) is 0 Å². The first-order valence-electron chi connectivity index (χ1n) is 6.77. The van der Waals surface area contributed by atoms with Gasteiger partial charge in [-0.25, -0.2) is 0 Å². The second-order valence-electron chi connectivity index (χ2n) is 5.57. The van der Waals surface area contributed by atoms with E-state index in [1.807, 2.05) is 12.1 Å². The maximum absolute atomic E-state index is 6.12. The summed E-state index contributed by atoms with van der Waals surface area (Å²) in [6.07, 6.45) is 2.61. The molecule has 6 heteroatoms. The van der Waals surface area contributed by atoms with Gasteiger partial charge in [0, 0.05) is 18.6 Å². The summed E-state index contributed by atoms with van der Waals surface area (Å²) in [5.74, 6) is 0. The van der Waals surface area contributed by atoms with Crippen LogP contribution in [0.2, 0.25) is 10.0 Å². The second kappa shape index (κ2) is 5.34. The highest BCUT2D eigenvalue weighted by Gasteiger charge is 2.29. The summed E-state index contributed by atoms with van der Waals surface area (Å²) >= 11 is 17.6. The summed E-state index contributed by atoms with van der Waals surface area (Å²) in [5, 5.41) is 1.11. The molecule has 0 aliphatic heterocycles. The molecule has 3 nitrogen and oxygen atoms in total. The third-order valence-electron chi connectivity index (χ3n) is 4.08. The number of rotatable bonds is 4. The van der Waals surface area contributed by atoms with Crippen LogP contribution in [0.3, 0.4) is 0 Å². The molecular weight excluding hydrogens is 313 g/mol. The van der Waals surface area contributed by atoms with Crippen LogP contribution >= 0.6 is 35.4 Å². The van der Waals surface area contributed by atoms with E-state index in [0.717, 1.165) is 28.4 Å². The number of aromatic amines is 1. The lowest BCUT2D eigenvalue weighted by Gasteiger charge is -2.25. The predicted octanol–water partition coefficient (Wildman–Crippen LogP) is 4.49. The minimum absolute atomic E-state index is 0.433. The molecule has 1 atom stereocenters. The number of aromatic nitrogens is 2. The summed E-state index contributed by atoms with van der Waals surface area (Å²) in [5.41, 5.74) is 1.95. The van der Waals surface area contributed by atoms with Crippen molar-refractivity contribution in [3.63, 3.8) is 0 Å².